The Morgan fingerprint density at radius 1 is 1.11 bits per heavy atom. The number of unbranched alkanes of at least 4 members (excludes halogenated alkanes) is 1. The maximum absolute atomic E-state index is 13.6. The van der Waals surface area contributed by atoms with Crippen molar-refractivity contribution in [1.82, 2.24) is 10.2 Å². The summed E-state index contributed by atoms with van der Waals surface area (Å²) in [7, 11) is -2.03. The molecule has 0 unspecified atom stereocenters. The Hall–Kier alpha value is -2.78. The molecule has 0 aliphatic heterocycles. The van der Waals surface area contributed by atoms with E-state index in [1.165, 1.54) is 4.31 Å². The predicted molar refractivity (Wildman–Crippen MR) is 153 cm³/mol. The molecule has 0 aliphatic rings. The molecule has 0 aromatic heterocycles. The summed E-state index contributed by atoms with van der Waals surface area (Å²) in [6.45, 7) is 6.59. The van der Waals surface area contributed by atoms with Gasteiger partial charge in [-0.05, 0) is 61.6 Å². The molecular weight excluding hydrogens is 526 g/mol. The molecule has 0 saturated carbocycles. The first-order valence-electron chi connectivity index (χ1n) is 13.0. The van der Waals surface area contributed by atoms with Crippen molar-refractivity contribution in [3.8, 4) is 5.75 Å². The lowest BCUT2D eigenvalue weighted by Crippen LogP contribution is -2.49. The molecule has 0 saturated heterocycles. The monoisotopic (exact) mass is 565 g/mol. The van der Waals surface area contributed by atoms with Gasteiger partial charge in [0.15, 0.2) is 0 Å². The second-order valence-electron chi connectivity index (χ2n) is 9.26. The molecule has 2 aromatic carbocycles. The average Bonchev–Trinajstić information content (AvgIpc) is 2.88. The van der Waals surface area contributed by atoms with Crippen LogP contribution in [0, 0.1) is 6.92 Å². The molecule has 2 amide bonds. The van der Waals surface area contributed by atoms with Crippen LogP contribution in [-0.4, -0.2) is 57.6 Å². The van der Waals surface area contributed by atoms with Crippen LogP contribution >= 0.6 is 11.6 Å². The lowest BCUT2D eigenvalue weighted by Gasteiger charge is -2.31. The normalized spacial score (nSPS) is 12.1. The number of benzene rings is 2. The maximum Gasteiger partial charge on any atom is 0.242 e. The van der Waals surface area contributed by atoms with E-state index in [4.69, 9.17) is 16.3 Å². The number of rotatable bonds is 15. The molecule has 0 fully saturated rings. The molecule has 38 heavy (non-hydrogen) atoms. The summed E-state index contributed by atoms with van der Waals surface area (Å²) in [5.41, 5.74) is 1.98. The fourth-order valence-electron chi connectivity index (χ4n) is 4.24. The van der Waals surface area contributed by atoms with Gasteiger partial charge in [-0.2, -0.15) is 0 Å². The van der Waals surface area contributed by atoms with E-state index in [0.717, 1.165) is 24.7 Å². The van der Waals surface area contributed by atoms with Crippen molar-refractivity contribution in [2.45, 2.75) is 65.5 Å². The third kappa shape index (κ3) is 8.91. The second kappa shape index (κ2) is 15.0. The van der Waals surface area contributed by atoms with Crippen LogP contribution in [0.25, 0.3) is 0 Å². The van der Waals surface area contributed by atoms with Crippen molar-refractivity contribution in [3.05, 3.63) is 58.6 Å². The minimum atomic E-state index is -3.61. The molecule has 10 heteroatoms. The summed E-state index contributed by atoms with van der Waals surface area (Å²) >= 11 is 6.23. The van der Waals surface area contributed by atoms with Gasteiger partial charge < -0.3 is 15.0 Å². The van der Waals surface area contributed by atoms with Gasteiger partial charge in [0.1, 0.15) is 11.8 Å². The predicted octanol–water partition coefficient (Wildman–Crippen LogP) is 4.93. The van der Waals surface area contributed by atoms with Crippen molar-refractivity contribution in [2.24, 2.45) is 0 Å². The number of sulfonamides is 1. The van der Waals surface area contributed by atoms with Crippen LogP contribution in [0.5, 0.6) is 5.75 Å². The Balaban J connectivity index is 2.25. The van der Waals surface area contributed by atoms with E-state index in [1.807, 2.05) is 38.1 Å². The van der Waals surface area contributed by atoms with Crippen molar-refractivity contribution in [1.29, 1.82) is 0 Å². The number of carbonyl (C=O) groups is 2. The highest BCUT2D eigenvalue weighted by molar-refractivity contribution is 7.92. The molecule has 0 spiro atoms. The fourth-order valence-corrected chi connectivity index (χ4v) is 5.43. The van der Waals surface area contributed by atoms with Crippen LogP contribution in [0.3, 0.4) is 0 Å². The minimum Gasteiger partial charge on any atom is -0.497 e. The van der Waals surface area contributed by atoms with Crippen molar-refractivity contribution in [3.63, 3.8) is 0 Å². The highest BCUT2D eigenvalue weighted by Crippen LogP contribution is 2.28. The number of ether oxygens (including phenoxy) is 1. The minimum absolute atomic E-state index is 0.0777. The zero-order valence-electron chi connectivity index (χ0n) is 23.0. The maximum atomic E-state index is 13.6. The molecule has 2 aromatic rings. The number of nitrogens with one attached hydrogen (secondary N) is 1. The van der Waals surface area contributed by atoms with Gasteiger partial charge in [0, 0.05) is 31.1 Å². The largest absolute Gasteiger partial charge is 0.497 e. The molecule has 0 bridgehead atoms. The Labute approximate surface area is 232 Å². The topological polar surface area (TPSA) is 96.0 Å². The molecular formula is C28H40ClN3O5S. The van der Waals surface area contributed by atoms with E-state index < -0.39 is 16.1 Å². The van der Waals surface area contributed by atoms with Crippen LogP contribution in [0.15, 0.2) is 42.5 Å². The highest BCUT2D eigenvalue weighted by atomic mass is 35.5. The Kier molecular flexibility index (Phi) is 12.4. The van der Waals surface area contributed by atoms with Gasteiger partial charge in [-0.25, -0.2) is 8.42 Å². The van der Waals surface area contributed by atoms with Gasteiger partial charge >= 0.3 is 0 Å². The van der Waals surface area contributed by atoms with Crippen molar-refractivity contribution < 1.29 is 22.7 Å². The zero-order chi connectivity index (χ0) is 28.3. The van der Waals surface area contributed by atoms with E-state index in [2.05, 4.69) is 5.32 Å². The smallest absolute Gasteiger partial charge is 0.242 e. The third-order valence-corrected chi connectivity index (χ3v) is 7.95. The first-order valence-corrected chi connectivity index (χ1v) is 15.2. The molecule has 0 radical (unpaired) electrons. The number of amides is 2. The quantitative estimate of drug-likeness (QED) is 0.309. The van der Waals surface area contributed by atoms with Crippen LogP contribution in [-0.2, 0) is 26.2 Å². The lowest BCUT2D eigenvalue weighted by molar-refractivity contribution is -0.141. The number of anilines is 1. The summed E-state index contributed by atoms with van der Waals surface area (Å²) in [4.78, 5) is 28.2. The number of nitrogens with zero attached hydrogens (tertiary/aromatic N) is 2. The van der Waals surface area contributed by atoms with Gasteiger partial charge in [-0.3, -0.25) is 13.9 Å². The first-order chi connectivity index (χ1) is 18.0. The summed E-state index contributed by atoms with van der Waals surface area (Å²) < 4.78 is 31.8. The number of hydrogen-bond donors (Lipinski definition) is 1. The zero-order valence-corrected chi connectivity index (χ0v) is 24.6. The molecule has 1 N–H and O–H groups in total. The number of halogens is 1. The van der Waals surface area contributed by atoms with E-state index in [9.17, 15) is 18.0 Å². The molecule has 0 aliphatic carbocycles. The van der Waals surface area contributed by atoms with Gasteiger partial charge in [0.25, 0.3) is 0 Å². The average molecular weight is 566 g/mol. The number of hydrogen-bond acceptors (Lipinski definition) is 5. The van der Waals surface area contributed by atoms with Crippen LogP contribution in [0.2, 0.25) is 5.02 Å². The van der Waals surface area contributed by atoms with Gasteiger partial charge in [-0.1, -0.05) is 50.1 Å². The summed E-state index contributed by atoms with van der Waals surface area (Å²) in [6.07, 6.45) is 3.75. The Bertz CT molecular complexity index is 1190. The summed E-state index contributed by atoms with van der Waals surface area (Å²) in [6, 6.07) is 11.9. The van der Waals surface area contributed by atoms with E-state index >= 15 is 0 Å². The second-order valence-corrected chi connectivity index (χ2v) is 11.6. The van der Waals surface area contributed by atoms with Gasteiger partial charge in [0.05, 0.1) is 19.1 Å². The van der Waals surface area contributed by atoms with Crippen molar-refractivity contribution >= 4 is 39.1 Å². The SMILES string of the molecule is CCCCNC(=O)[C@@H](CC)N(Cc1cccc(OC)c1)C(=O)CCCN(c1cccc(Cl)c1C)S(C)(=O)=O. The molecule has 2 rings (SSSR count). The number of carbonyl (C=O) groups excluding carboxylic acids is 2. The van der Waals surface area contributed by atoms with E-state index in [-0.39, 0.29) is 37.7 Å². The Morgan fingerprint density at radius 2 is 1.82 bits per heavy atom. The summed E-state index contributed by atoms with van der Waals surface area (Å²) in [5, 5.41) is 3.42. The Morgan fingerprint density at radius 3 is 2.45 bits per heavy atom. The van der Waals surface area contributed by atoms with Crippen LogP contribution in [0.1, 0.15) is 57.1 Å². The molecule has 210 valence electrons. The van der Waals surface area contributed by atoms with Crippen LogP contribution in [0.4, 0.5) is 5.69 Å². The molecule has 8 nitrogen and oxygen atoms in total. The standard InChI is InChI=1S/C28H40ClN3O5S/c1-6-8-17-30-28(34)25(7-2)31(20-22-12-9-13-23(19-22)37-4)27(33)16-11-18-32(38(5,35)36)26-15-10-14-24(29)21(26)3/h9-10,12-15,19,25H,6-8,11,16-18,20H2,1-5H3,(H,30,34)/t25-/m1/s1. The number of methoxy groups -OCH3 is 1. The van der Waals surface area contributed by atoms with Gasteiger partial charge in [0.2, 0.25) is 21.8 Å². The van der Waals surface area contributed by atoms with Gasteiger partial charge in [-0.15, -0.1) is 0 Å². The molecule has 0 heterocycles. The molecule has 1 atom stereocenters. The first kappa shape index (κ1) is 31.4. The van der Waals surface area contributed by atoms with Crippen molar-refractivity contribution in [2.75, 3.05) is 30.8 Å². The van der Waals surface area contributed by atoms with E-state index in [1.54, 1.807) is 37.1 Å². The van der Waals surface area contributed by atoms with Crippen LogP contribution < -0.4 is 14.4 Å². The summed E-state index contributed by atoms with van der Waals surface area (Å²) in [5.74, 6) is 0.252. The fraction of sp³-hybridized carbons (Fsp3) is 0.500. The lowest BCUT2D eigenvalue weighted by atomic mass is 10.1. The third-order valence-electron chi connectivity index (χ3n) is 6.36. The van der Waals surface area contributed by atoms with E-state index in [0.29, 0.717) is 35.0 Å². The highest BCUT2D eigenvalue weighted by Gasteiger charge is 2.29.